The highest BCUT2D eigenvalue weighted by molar-refractivity contribution is 5.89. The number of hydrogen-bond donors (Lipinski definition) is 1. The van der Waals surface area contributed by atoms with Crippen molar-refractivity contribution in [2.24, 2.45) is 5.92 Å². The molecular formula is C16H30N2O. The molecule has 1 heterocycles. The molecule has 1 aliphatic heterocycles. The van der Waals surface area contributed by atoms with Gasteiger partial charge in [0.05, 0.1) is 11.7 Å². The van der Waals surface area contributed by atoms with Gasteiger partial charge in [-0.1, -0.05) is 33.6 Å². The maximum atomic E-state index is 12.8. The lowest BCUT2D eigenvalue weighted by atomic mass is 9.97. The van der Waals surface area contributed by atoms with E-state index in [9.17, 15) is 4.79 Å². The highest BCUT2D eigenvalue weighted by Gasteiger charge is 2.52. The van der Waals surface area contributed by atoms with Crippen molar-refractivity contribution in [1.29, 1.82) is 0 Å². The standard InChI is InChI=1S/C16H30N2O/c1-5-14-17-16(10-6-7-11-16)15(19)18(14)13(4)9-8-12(2)3/h12-14,17H,5-11H2,1-4H3. The number of nitrogens with zero attached hydrogens (tertiary/aromatic N) is 1. The van der Waals surface area contributed by atoms with Crippen LogP contribution in [0.4, 0.5) is 0 Å². The minimum Gasteiger partial charge on any atom is -0.323 e. The van der Waals surface area contributed by atoms with Crippen LogP contribution in [0.25, 0.3) is 0 Å². The van der Waals surface area contributed by atoms with Crippen LogP contribution in [0, 0.1) is 5.92 Å². The average Bonchev–Trinajstić information content (AvgIpc) is 2.94. The number of amides is 1. The van der Waals surface area contributed by atoms with Gasteiger partial charge >= 0.3 is 0 Å². The van der Waals surface area contributed by atoms with E-state index in [4.69, 9.17) is 0 Å². The minimum atomic E-state index is -0.202. The van der Waals surface area contributed by atoms with Gasteiger partial charge in [0.1, 0.15) is 0 Å². The molecule has 1 amide bonds. The maximum absolute atomic E-state index is 12.8. The molecule has 19 heavy (non-hydrogen) atoms. The zero-order valence-electron chi connectivity index (χ0n) is 13.0. The quantitative estimate of drug-likeness (QED) is 0.828. The summed E-state index contributed by atoms with van der Waals surface area (Å²) in [5.74, 6) is 1.10. The summed E-state index contributed by atoms with van der Waals surface area (Å²) in [5.41, 5.74) is -0.202. The van der Waals surface area contributed by atoms with Gasteiger partial charge in [-0.25, -0.2) is 0 Å². The molecule has 1 saturated heterocycles. The Morgan fingerprint density at radius 2 is 1.89 bits per heavy atom. The molecule has 2 atom stereocenters. The SMILES string of the molecule is CCC1NC2(CCCC2)C(=O)N1C(C)CCC(C)C. The Balaban J connectivity index is 2.07. The van der Waals surface area contributed by atoms with Crippen molar-refractivity contribution in [3.63, 3.8) is 0 Å². The number of hydrogen-bond acceptors (Lipinski definition) is 2. The van der Waals surface area contributed by atoms with E-state index in [2.05, 4.69) is 37.9 Å². The molecule has 2 fully saturated rings. The normalized spacial score (nSPS) is 27.7. The van der Waals surface area contributed by atoms with Gasteiger partial charge in [0.25, 0.3) is 0 Å². The van der Waals surface area contributed by atoms with Crippen molar-refractivity contribution in [2.45, 2.75) is 90.4 Å². The molecule has 0 aromatic carbocycles. The number of nitrogens with one attached hydrogen (secondary N) is 1. The summed E-state index contributed by atoms with van der Waals surface area (Å²) in [6, 6.07) is 0.368. The molecule has 2 rings (SSSR count). The second kappa shape index (κ2) is 5.82. The van der Waals surface area contributed by atoms with E-state index >= 15 is 0 Å². The number of carbonyl (C=O) groups excluding carboxylic acids is 1. The van der Waals surface area contributed by atoms with Crippen LogP contribution in [0.1, 0.15) is 72.6 Å². The predicted octanol–water partition coefficient (Wildman–Crippen LogP) is 3.29. The molecule has 1 aliphatic carbocycles. The van der Waals surface area contributed by atoms with E-state index in [-0.39, 0.29) is 11.7 Å². The predicted molar refractivity (Wildman–Crippen MR) is 78.8 cm³/mol. The maximum Gasteiger partial charge on any atom is 0.244 e. The van der Waals surface area contributed by atoms with Crippen LogP contribution in [0.15, 0.2) is 0 Å². The summed E-state index contributed by atoms with van der Waals surface area (Å²) in [4.78, 5) is 15.0. The molecule has 0 aromatic rings. The van der Waals surface area contributed by atoms with Gasteiger partial charge in [0.2, 0.25) is 5.91 Å². The van der Waals surface area contributed by atoms with Crippen molar-refractivity contribution in [2.75, 3.05) is 0 Å². The molecule has 0 bridgehead atoms. The summed E-state index contributed by atoms with van der Waals surface area (Å²) in [7, 11) is 0. The average molecular weight is 266 g/mol. The number of rotatable bonds is 5. The lowest BCUT2D eigenvalue weighted by Gasteiger charge is -2.30. The molecule has 110 valence electrons. The first-order valence-electron chi connectivity index (χ1n) is 8.10. The van der Waals surface area contributed by atoms with Crippen molar-refractivity contribution in [3.05, 3.63) is 0 Å². The van der Waals surface area contributed by atoms with E-state index in [1.807, 2.05) is 0 Å². The van der Waals surface area contributed by atoms with Crippen LogP contribution in [0.5, 0.6) is 0 Å². The summed E-state index contributed by atoms with van der Waals surface area (Å²) >= 11 is 0. The van der Waals surface area contributed by atoms with Crippen molar-refractivity contribution in [1.82, 2.24) is 10.2 Å². The van der Waals surface area contributed by atoms with Crippen molar-refractivity contribution >= 4 is 5.91 Å². The highest BCUT2D eigenvalue weighted by Crippen LogP contribution is 2.38. The zero-order chi connectivity index (χ0) is 14.0. The Morgan fingerprint density at radius 3 is 2.42 bits per heavy atom. The lowest BCUT2D eigenvalue weighted by Crippen LogP contribution is -2.45. The van der Waals surface area contributed by atoms with Gasteiger partial charge in [0, 0.05) is 6.04 Å². The summed E-state index contributed by atoms with van der Waals surface area (Å²) in [6.45, 7) is 8.92. The first kappa shape index (κ1) is 14.8. The Labute approximate surface area is 118 Å². The van der Waals surface area contributed by atoms with Crippen LogP contribution in [0.3, 0.4) is 0 Å². The summed E-state index contributed by atoms with van der Waals surface area (Å²) < 4.78 is 0. The first-order chi connectivity index (χ1) is 9.00. The van der Waals surface area contributed by atoms with Crippen molar-refractivity contribution in [3.8, 4) is 0 Å². The van der Waals surface area contributed by atoms with E-state index in [0.29, 0.717) is 17.9 Å². The second-order valence-corrected chi connectivity index (χ2v) is 6.89. The summed E-state index contributed by atoms with van der Waals surface area (Å²) in [6.07, 6.45) is 8.07. The molecule has 1 spiro atoms. The largest absolute Gasteiger partial charge is 0.323 e. The van der Waals surface area contributed by atoms with E-state index in [0.717, 1.165) is 25.7 Å². The molecule has 1 N–H and O–H groups in total. The van der Waals surface area contributed by atoms with Crippen LogP contribution < -0.4 is 5.32 Å². The van der Waals surface area contributed by atoms with Crippen molar-refractivity contribution < 1.29 is 4.79 Å². The van der Waals surface area contributed by atoms with Crippen LogP contribution in [-0.2, 0) is 4.79 Å². The molecule has 0 aromatic heterocycles. The Morgan fingerprint density at radius 1 is 1.26 bits per heavy atom. The molecular weight excluding hydrogens is 236 g/mol. The topological polar surface area (TPSA) is 32.3 Å². The molecule has 3 heteroatoms. The van der Waals surface area contributed by atoms with Crippen LogP contribution >= 0.6 is 0 Å². The van der Waals surface area contributed by atoms with E-state index in [1.54, 1.807) is 0 Å². The third kappa shape index (κ3) is 2.81. The van der Waals surface area contributed by atoms with Gasteiger partial charge in [0.15, 0.2) is 0 Å². The Bertz CT molecular complexity index is 321. The fraction of sp³-hybridized carbons (Fsp3) is 0.938. The van der Waals surface area contributed by atoms with E-state index in [1.165, 1.54) is 19.3 Å². The third-order valence-electron chi connectivity index (χ3n) is 4.90. The zero-order valence-corrected chi connectivity index (χ0v) is 13.0. The fourth-order valence-corrected chi connectivity index (χ4v) is 3.70. The highest BCUT2D eigenvalue weighted by atomic mass is 16.2. The second-order valence-electron chi connectivity index (χ2n) is 6.89. The minimum absolute atomic E-state index is 0.202. The molecule has 0 radical (unpaired) electrons. The fourth-order valence-electron chi connectivity index (χ4n) is 3.70. The lowest BCUT2D eigenvalue weighted by molar-refractivity contribution is -0.135. The number of carbonyl (C=O) groups is 1. The molecule has 2 aliphatic rings. The first-order valence-corrected chi connectivity index (χ1v) is 8.10. The molecule has 1 saturated carbocycles. The van der Waals surface area contributed by atoms with Crippen LogP contribution in [-0.4, -0.2) is 28.6 Å². The van der Waals surface area contributed by atoms with Gasteiger partial charge in [-0.05, 0) is 44.9 Å². The third-order valence-corrected chi connectivity index (χ3v) is 4.90. The Kier molecular flexibility index (Phi) is 4.54. The van der Waals surface area contributed by atoms with Gasteiger partial charge in [-0.2, -0.15) is 0 Å². The summed E-state index contributed by atoms with van der Waals surface area (Å²) in [5, 5.41) is 3.66. The van der Waals surface area contributed by atoms with Gasteiger partial charge < -0.3 is 4.90 Å². The van der Waals surface area contributed by atoms with E-state index < -0.39 is 0 Å². The molecule has 3 nitrogen and oxygen atoms in total. The monoisotopic (exact) mass is 266 g/mol. The van der Waals surface area contributed by atoms with Gasteiger partial charge in [-0.3, -0.25) is 10.1 Å². The van der Waals surface area contributed by atoms with Gasteiger partial charge in [-0.15, -0.1) is 0 Å². The smallest absolute Gasteiger partial charge is 0.244 e. The van der Waals surface area contributed by atoms with Crippen LogP contribution in [0.2, 0.25) is 0 Å². The Hall–Kier alpha value is -0.570. The molecule has 2 unspecified atom stereocenters.